The van der Waals surface area contributed by atoms with Crippen LogP contribution < -0.4 is 9.64 Å². The van der Waals surface area contributed by atoms with Crippen molar-refractivity contribution in [2.24, 2.45) is 0 Å². The van der Waals surface area contributed by atoms with Crippen molar-refractivity contribution in [3.8, 4) is 5.75 Å². The minimum absolute atomic E-state index is 0.0958. The molecule has 1 heterocycles. The van der Waals surface area contributed by atoms with Gasteiger partial charge >= 0.3 is 12.0 Å². The molecule has 170 valence electrons. The molecule has 3 amide bonds. The van der Waals surface area contributed by atoms with Crippen molar-refractivity contribution in [1.29, 1.82) is 0 Å². The van der Waals surface area contributed by atoms with Crippen LogP contribution in [0.2, 0.25) is 0 Å². The first-order chi connectivity index (χ1) is 15.0. The molecule has 0 bridgehead atoms. The van der Waals surface area contributed by atoms with Crippen LogP contribution in [0.4, 0.5) is 14.9 Å². The summed E-state index contributed by atoms with van der Waals surface area (Å²) in [6.07, 6.45) is 0. The highest BCUT2D eigenvalue weighted by molar-refractivity contribution is 6.12. The molecule has 3 rings (SSSR count). The Bertz CT molecular complexity index is 1030. The lowest BCUT2D eigenvalue weighted by atomic mass is 10.0. The van der Waals surface area contributed by atoms with Gasteiger partial charge in [-0.05, 0) is 75.6 Å². The number of anilines is 1. The SMILES string of the molecule is CCOC(=O)C(C)(C)Oc1c(C)cc(CN2C(=O)CN(c3ccc(F)cc3)C2=O)cc1C. The van der Waals surface area contributed by atoms with E-state index in [0.717, 1.165) is 16.7 Å². The highest BCUT2D eigenvalue weighted by atomic mass is 19.1. The number of imide groups is 1. The number of amides is 3. The van der Waals surface area contributed by atoms with Gasteiger partial charge in [0.15, 0.2) is 5.60 Å². The molecule has 32 heavy (non-hydrogen) atoms. The van der Waals surface area contributed by atoms with Gasteiger partial charge in [0, 0.05) is 5.69 Å². The Morgan fingerprint density at radius 2 is 1.69 bits per heavy atom. The van der Waals surface area contributed by atoms with Crippen molar-refractivity contribution < 1.29 is 28.2 Å². The monoisotopic (exact) mass is 442 g/mol. The van der Waals surface area contributed by atoms with Crippen LogP contribution in [0.15, 0.2) is 36.4 Å². The lowest BCUT2D eigenvalue weighted by Crippen LogP contribution is -2.40. The third kappa shape index (κ3) is 4.74. The first-order valence-corrected chi connectivity index (χ1v) is 10.4. The second kappa shape index (κ2) is 8.98. The number of hydrogen-bond acceptors (Lipinski definition) is 5. The van der Waals surface area contributed by atoms with Gasteiger partial charge in [-0.15, -0.1) is 0 Å². The molecule has 7 nitrogen and oxygen atoms in total. The quantitative estimate of drug-likeness (QED) is 0.476. The highest BCUT2D eigenvalue weighted by Crippen LogP contribution is 2.30. The predicted octanol–water partition coefficient (Wildman–Crippen LogP) is 4.13. The van der Waals surface area contributed by atoms with Crippen molar-refractivity contribution in [2.45, 2.75) is 46.8 Å². The average Bonchev–Trinajstić information content (AvgIpc) is 3.00. The fourth-order valence-corrected chi connectivity index (χ4v) is 3.60. The lowest BCUT2D eigenvalue weighted by molar-refractivity contribution is -0.158. The molecule has 1 aliphatic heterocycles. The molecule has 1 fully saturated rings. The number of benzene rings is 2. The number of esters is 1. The van der Waals surface area contributed by atoms with Gasteiger partial charge in [0.05, 0.1) is 13.2 Å². The lowest BCUT2D eigenvalue weighted by Gasteiger charge is -2.26. The number of aryl methyl sites for hydroxylation is 2. The van der Waals surface area contributed by atoms with E-state index in [1.807, 2.05) is 26.0 Å². The molecule has 1 aliphatic rings. The summed E-state index contributed by atoms with van der Waals surface area (Å²) in [4.78, 5) is 40.0. The Balaban J connectivity index is 1.78. The predicted molar refractivity (Wildman–Crippen MR) is 117 cm³/mol. The average molecular weight is 442 g/mol. The number of hydrogen-bond donors (Lipinski definition) is 0. The summed E-state index contributed by atoms with van der Waals surface area (Å²) in [5.41, 5.74) is 1.59. The molecule has 1 saturated heterocycles. The number of carbonyl (C=O) groups excluding carboxylic acids is 3. The van der Waals surface area contributed by atoms with Crippen molar-refractivity contribution in [2.75, 3.05) is 18.1 Å². The van der Waals surface area contributed by atoms with Gasteiger partial charge in [-0.2, -0.15) is 0 Å². The Hall–Kier alpha value is -3.42. The van der Waals surface area contributed by atoms with E-state index in [1.165, 1.54) is 34.1 Å². The van der Waals surface area contributed by atoms with Crippen molar-refractivity contribution in [1.82, 2.24) is 4.90 Å². The first-order valence-electron chi connectivity index (χ1n) is 10.4. The van der Waals surface area contributed by atoms with Gasteiger partial charge < -0.3 is 9.47 Å². The van der Waals surface area contributed by atoms with Crippen molar-refractivity contribution >= 4 is 23.6 Å². The van der Waals surface area contributed by atoms with Gasteiger partial charge in [-0.25, -0.2) is 14.0 Å². The fourth-order valence-electron chi connectivity index (χ4n) is 3.60. The Morgan fingerprint density at radius 1 is 1.09 bits per heavy atom. The summed E-state index contributed by atoms with van der Waals surface area (Å²) in [5, 5.41) is 0. The third-order valence-corrected chi connectivity index (χ3v) is 5.18. The van der Waals surface area contributed by atoms with Gasteiger partial charge in [0.2, 0.25) is 0 Å². The van der Waals surface area contributed by atoms with E-state index in [4.69, 9.17) is 9.47 Å². The molecule has 0 spiro atoms. The maximum Gasteiger partial charge on any atom is 0.349 e. The molecule has 2 aromatic rings. The number of nitrogens with zero attached hydrogens (tertiary/aromatic N) is 2. The summed E-state index contributed by atoms with van der Waals surface area (Å²) in [5.74, 6) is -0.655. The number of rotatable bonds is 7. The minimum Gasteiger partial charge on any atom is -0.476 e. The van der Waals surface area contributed by atoms with Gasteiger partial charge in [0.25, 0.3) is 5.91 Å². The molecule has 0 unspecified atom stereocenters. The van der Waals surface area contributed by atoms with Crippen LogP contribution in [0.25, 0.3) is 0 Å². The Morgan fingerprint density at radius 3 is 2.25 bits per heavy atom. The van der Waals surface area contributed by atoms with Gasteiger partial charge in [-0.1, -0.05) is 12.1 Å². The summed E-state index contributed by atoms with van der Waals surface area (Å²) in [6, 6.07) is 8.62. The number of halogens is 1. The molecule has 0 saturated carbocycles. The third-order valence-electron chi connectivity index (χ3n) is 5.18. The standard InChI is InChI=1S/C24H27FN2O5/c1-6-31-22(29)24(4,5)32-21-15(2)11-17(12-16(21)3)13-27-20(28)14-26(23(27)30)19-9-7-18(25)8-10-19/h7-12H,6,13-14H2,1-5H3. The molecular weight excluding hydrogens is 415 g/mol. The van der Waals surface area contributed by atoms with E-state index in [-0.39, 0.29) is 25.6 Å². The van der Waals surface area contributed by atoms with E-state index in [2.05, 4.69) is 0 Å². The minimum atomic E-state index is -1.16. The maximum atomic E-state index is 13.2. The zero-order chi connectivity index (χ0) is 23.6. The summed E-state index contributed by atoms with van der Waals surface area (Å²) in [6.45, 7) is 8.95. The van der Waals surface area contributed by atoms with E-state index >= 15 is 0 Å². The van der Waals surface area contributed by atoms with Crippen molar-refractivity contribution in [3.63, 3.8) is 0 Å². The second-order valence-corrected chi connectivity index (χ2v) is 8.22. The van der Waals surface area contributed by atoms with Crippen LogP contribution in [0, 0.1) is 19.7 Å². The summed E-state index contributed by atoms with van der Waals surface area (Å²) < 4.78 is 24.2. The van der Waals surface area contributed by atoms with E-state index in [0.29, 0.717) is 11.4 Å². The molecule has 0 radical (unpaired) electrons. The van der Waals surface area contributed by atoms with Crippen LogP contribution in [-0.2, 0) is 20.9 Å². The fraction of sp³-hybridized carbons (Fsp3) is 0.375. The van der Waals surface area contributed by atoms with Crippen LogP contribution in [0.5, 0.6) is 5.75 Å². The molecule has 0 aromatic heterocycles. The molecule has 0 atom stereocenters. The topological polar surface area (TPSA) is 76.2 Å². The molecular formula is C24H27FN2O5. The normalized spacial score (nSPS) is 14.2. The Labute approximate surface area is 186 Å². The zero-order valence-electron chi connectivity index (χ0n) is 18.9. The van der Waals surface area contributed by atoms with E-state index < -0.39 is 23.4 Å². The Kier molecular flexibility index (Phi) is 6.52. The van der Waals surface area contributed by atoms with Gasteiger partial charge in [-0.3, -0.25) is 14.6 Å². The summed E-state index contributed by atoms with van der Waals surface area (Å²) in [7, 11) is 0. The maximum absolute atomic E-state index is 13.2. The molecule has 0 N–H and O–H groups in total. The van der Waals surface area contributed by atoms with E-state index in [9.17, 15) is 18.8 Å². The van der Waals surface area contributed by atoms with Crippen LogP contribution in [0.1, 0.15) is 37.5 Å². The van der Waals surface area contributed by atoms with Crippen LogP contribution >= 0.6 is 0 Å². The van der Waals surface area contributed by atoms with E-state index in [1.54, 1.807) is 20.8 Å². The smallest absolute Gasteiger partial charge is 0.349 e. The largest absolute Gasteiger partial charge is 0.476 e. The van der Waals surface area contributed by atoms with Crippen LogP contribution in [-0.4, -0.2) is 41.6 Å². The molecule has 8 heteroatoms. The number of urea groups is 1. The summed E-state index contributed by atoms with van der Waals surface area (Å²) >= 11 is 0. The van der Waals surface area contributed by atoms with Crippen LogP contribution in [0.3, 0.4) is 0 Å². The first kappa shape index (κ1) is 23.2. The molecule has 0 aliphatic carbocycles. The highest BCUT2D eigenvalue weighted by Gasteiger charge is 2.37. The zero-order valence-corrected chi connectivity index (χ0v) is 18.9. The molecule has 2 aromatic carbocycles. The number of carbonyl (C=O) groups is 3. The van der Waals surface area contributed by atoms with Gasteiger partial charge in [0.1, 0.15) is 18.1 Å². The van der Waals surface area contributed by atoms with Crippen molar-refractivity contribution in [3.05, 3.63) is 58.9 Å². The second-order valence-electron chi connectivity index (χ2n) is 8.22. The number of ether oxygens (including phenoxy) is 2.